The van der Waals surface area contributed by atoms with Crippen molar-refractivity contribution in [2.75, 3.05) is 19.8 Å². The van der Waals surface area contributed by atoms with Crippen molar-refractivity contribution in [2.45, 2.75) is 26.0 Å². The molecule has 0 aromatic heterocycles. The number of carbonyl (C=O) groups is 1. The molecule has 2 rings (SSSR count). The van der Waals surface area contributed by atoms with Crippen LogP contribution >= 0.6 is 0 Å². The molecule has 0 spiro atoms. The summed E-state index contributed by atoms with van der Waals surface area (Å²) in [6.07, 6.45) is -0.450. The zero-order valence-corrected chi connectivity index (χ0v) is 12.0. The van der Waals surface area contributed by atoms with E-state index in [-0.39, 0.29) is 30.4 Å². The normalized spacial score (nSPS) is 22.1. The van der Waals surface area contributed by atoms with Crippen molar-refractivity contribution < 1.29 is 19.6 Å². The zero-order valence-electron chi connectivity index (χ0n) is 12.0. The van der Waals surface area contributed by atoms with Gasteiger partial charge in [-0.05, 0) is 19.9 Å². The fraction of sp³-hybridized carbons (Fsp3) is 0.500. The number of nitro groups is 1. The second-order valence-electron chi connectivity index (χ2n) is 5.17. The summed E-state index contributed by atoms with van der Waals surface area (Å²) < 4.78 is 5.38. The number of carbonyl (C=O) groups excluding carboxylic acids is 1. The van der Waals surface area contributed by atoms with Crippen molar-refractivity contribution in [3.63, 3.8) is 0 Å². The van der Waals surface area contributed by atoms with Crippen LogP contribution in [-0.2, 0) is 4.74 Å². The minimum Gasteiger partial charge on any atom is -0.394 e. The predicted octanol–water partition coefficient (Wildman–Crippen LogP) is 1.13. The van der Waals surface area contributed by atoms with E-state index in [2.05, 4.69) is 0 Å². The molecule has 1 saturated heterocycles. The minimum atomic E-state index is -0.531. The Kier molecular flexibility index (Phi) is 4.54. The maximum absolute atomic E-state index is 12.6. The summed E-state index contributed by atoms with van der Waals surface area (Å²) in [5.41, 5.74) is 0.359. The van der Waals surface area contributed by atoms with E-state index in [4.69, 9.17) is 9.84 Å². The lowest BCUT2D eigenvalue weighted by molar-refractivity contribution is -0.385. The van der Waals surface area contributed by atoms with E-state index in [1.165, 1.54) is 11.0 Å². The van der Waals surface area contributed by atoms with Gasteiger partial charge in [0.15, 0.2) is 0 Å². The average molecular weight is 294 g/mol. The number of hydrogen-bond acceptors (Lipinski definition) is 5. The number of rotatable bonds is 3. The molecule has 1 heterocycles. The van der Waals surface area contributed by atoms with Crippen molar-refractivity contribution in [1.82, 2.24) is 4.90 Å². The van der Waals surface area contributed by atoms with E-state index in [9.17, 15) is 14.9 Å². The molecule has 0 saturated carbocycles. The highest BCUT2D eigenvalue weighted by molar-refractivity contribution is 5.99. The first-order valence-electron chi connectivity index (χ1n) is 6.73. The number of ether oxygens (including phenoxy) is 1. The van der Waals surface area contributed by atoms with E-state index < -0.39 is 16.9 Å². The third kappa shape index (κ3) is 3.03. The number of nitrogens with zero attached hydrogens (tertiary/aromatic N) is 2. The summed E-state index contributed by atoms with van der Waals surface area (Å²) in [6, 6.07) is 4.50. The molecule has 1 aliphatic heterocycles. The van der Waals surface area contributed by atoms with Crippen LogP contribution in [0, 0.1) is 17.0 Å². The van der Waals surface area contributed by atoms with Gasteiger partial charge in [-0.3, -0.25) is 14.9 Å². The number of amides is 1. The molecule has 1 aliphatic rings. The van der Waals surface area contributed by atoms with Gasteiger partial charge in [0.25, 0.3) is 11.6 Å². The first-order chi connectivity index (χ1) is 9.95. The molecular formula is C14H18N2O5. The van der Waals surface area contributed by atoms with Gasteiger partial charge in [-0.1, -0.05) is 12.1 Å². The first-order valence-corrected chi connectivity index (χ1v) is 6.73. The standard InChI is InChI=1S/C14H18N2O5/c1-9-4-3-5-12(13(9)16(19)20)14(18)15-6-11(7-17)21-8-10(15)2/h3-5,10-11,17H,6-8H2,1-2H3. The van der Waals surface area contributed by atoms with Crippen LogP contribution in [0.25, 0.3) is 0 Å². The lowest BCUT2D eigenvalue weighted by Gasteiger charge is -2.37. The Morgan fingerprint density at radius 2 is 2.29 bits per heavy atom. The molecule has 0 radical (unpaired) electrons. The number of hydrogen-bond donors (Lipinski definition) is 1. The molecule has 114 valence electrons. The summed E-state index contributed by atoms with van der Waals surface area (Å²) >= 11 is 0. The summed E-state index contributed by atoms with van der Waals surface area (Å²) in [6.45, 7) is 3.76. The molecule has 2 unspecified atom stereocenters. The van der Waals surface area contributed by atoms with E-state index >= 15 is 0 Å². The number of benzene rings is 1. The fourth-order valence-electron chi connectivity index (χ4n) is 2.44. The first kappa shape index (κ1) is 15.4. The number of aliphatic hydroxyl groups is 1. The Balaban J connectivity index is 2.35. The van der Waals surface area contributed by atoms with Gasteiger partial charge < -0.3 is 14.7 Å². The molecule has 0 bridgehead atoms. The lowest BCUT2D eigenvalue weighted by Crippen LogP contribution is -2.52. The van der Waals surface area contributed by atoms with Gasteiger partial charge in [0.1, 0.15) is 5.56 Å². The average Bonchev–Trinajstić information content (AvgIpc) is 2.46. The largest absolute Gasteiger partial charge is 0.394 e. The third-order valence-corrected chi connectivity index (χ3v) is 3.62. The number of morpholine rings is 1. The Morgan fingerprint density at radius 1 is 1.57 bits per heavy atom. The molecular weight excluding hydrogens is 276 g/mol. The van der Waals surface area contributed by atoms with Gasteiger partial charge in [0.05, 0.1) is 30.3 Å². The lowest BCUT2D eigenvalue weighted by atomic mass is 10.1. The third-order valence-electron chi connectivity index (χ3n) is 3.62. The van der Waals surface area contributed by atoms with Gasteiger partial charge >= 0.3 is 0 Å². The molecule has 1 fully saturated rings. The van der Waals surface area contributed by atoms with Gasteiger partial charge in [0, 0.05) is 12.1 Å². The van der Waals surface area contributed by atoms with Crippen molar-refractivity contribution >= 4 is 11.6 Å². The predicted molar refractivity (Wildman–Crippen MR) is 75.2 cm³/mol. The van der Waals surface area contributed by atoms with Crippen molar-refractivity contribution in [3.8, 4) is 0 Å². The summed E-state index contributed by atoms with van der Waals surface area (Å²) in [5.74, 6) is -0.403. The van der Waals surface area contributed by atoms with E-state index in [1.807, 2.05) is 6.92 Å². The highest BCUT2D eigenvalue weighted by Gasteiger charge is 2.33. The Bertz CT molecular complexity index is 560. The Hall–Kier alpha value is -1.99. The summed E-state index contributed by atoms with van der Waals surface area (Å²) in [4.78, 5) is 24.8. The van der Waals surface area contributed by atoms with Crippen LogP contribution in [-0.4, -0.2) is 52.7 Å². The topological polar surface area (TPSA) is 92.9 Å². The van der Waals surface area contributed by atoms with Crippen LogP contribution < -0.4 is 0 Å². The maximum atomic E-state index is 12.6. The summed E-state index contributed by atoms with van der Waals surface area (Å²) in [7, 11) is 0. The Morgan fingerprint density at radius 3 is 2.90 bits per heavy atom. The quantitative estimate of drug-likeness (QED) is 0.666. The molecule has 1 aromatic carbocycles. The number of aliphatic hydroxyl groups excluding tert-OH is 1. The van der Waals surface area contributed by atoms with E-state index in [1.54, 1.807) is 19.1 Å². The summed E-state index contributed by atoms with van der Waals surface area (Å²) in [5, 5.41) is 20.4. The highest BCUT2D eigenvalue weighted by atomic mass is 16.6. The van der Waals surface area contributed by atoms with Gasteiger partial charge in [-0.2, -0.15) is 0 Å². The van der Waals surface area contributed by atoms with Gasteiger partial charge in [-0.15, -0.1) is 0 Å². The molecule has 2 atom stereocenters. The SMILES string of the molecule is Cc1cccc(C(=O)N2CC(CO)OCC2C)c1[N+](=O)[O-]. The van der Waals surface area contributed by atoms with Crippen molar-refractivity contribution in [3.05, 3.63) is 39.4 Å². The Labute approximate surface area is 122 Å². The van der Waals surface area contributed by atoms with Crippen molar-refractivity contribution in [2.24, 2.45) is 0 Å². The molecule has 7 heteroatoms. The van der Waals surface area contributed by atoms with Crippen LogP contribution in [0.2, 0.25) is 0 Å². The molecule has 1 N–H and O–H groups in total. The highest BCUT2D eigenvalue weighted by Crippen LogP contribution is 2.26. The van der Waals surface area contributed by atoms with E-state index in [0.29, 0.717) is 12.2 Å². The second kappa shape index (κ2) is 6.19. The number of aryl methyl sites for hydroxylation is 1. The smallest absolute Gasteiger partial charge is 0.285 e. The fourth-order valence-corrected chi connectivity index (χ4v) is 2.44. The minimum absolute atomic E-state index is 0.0745. The molecule has 0 aliphatic carbocycles. The second-order valence-corrected chi connectivity index (χ2v) is 5.17. The zero-order chi connectivity index (χ0) is 15.6. The monoisotopic (exact) mass is 294 g/mol. The van der Waals surface area contributed by atoms with Gasteiger partial charge in [0.2, 0.25) is 0 Å². The molecule has 1 aromatic rings. The number of nitro benzene ring substituents is 1. The number of para-hydroxylation sites is 1. The van der Waals surface area contributed by atoms with E-state index in [0.717, 1.165) is 0 Å². The molecule has 21 heavy (non-hydrogen) atoms. The molecule has 1 amide bonds. The van der Waals surface area contributed by atoms with Crippen LogP contribution in [0.1, 0.15) is 22.8 Å². The van der Waals surface area contributed by atoms with Crippen LogP contribution in [0.4, 0.5) is 5.69 Å². The van der Waals surface area contributed by atoms with Crippen molar-refractivity contribution in [1.29, 1.82) is 0 Å². The maximum Gasteiger partial charge on any atom is 0.285 e. The van der Waals surface area contributed by atoms with Gasteiger partial charge in [-0.25, -0.2) is 0 Å². The van der Waals surface area contributed by atoms with Crippen LogP contribution in [0.3, 0.4) is 0 Å². The molecule has 7 nitrogen and oxygen atoms in total. The van der Waals surface area contributed by atoms with Crippen LogP contribution in [0.5, 0.6) is 0 Å². The van der Waals surface area contributed by atoms with Crippen LogP contribution in [0.15, 0.2) is 18.2 Å².